The van der Waals surface area contributed by atoms with E-state index in [1.54, 1.807) is 18.5 Å². The van der Waals surface area contributed by atoms with Gasteiger partial charge in [-0.2, -0.15) is 0 Å². The molecule has 9 nitrogen and oxygen atoms in total. The Kier molecular flexibility index (Phi) is 7.70. The number of imidazole rings is 1. The van der Waals surface area contributed by atoms with Gasteiger partial charge in [-0.3, -0.25) is 14.0 Å². The highest BCUT2D eigenvalue weighted by Crippen LogP contribution is 2.35. The van der Waals surface area contributed by atoms with Crippen molar-refractivity contribution in [2.24, 2.45) is 16.5 Å². The molecule has 2 heterocycles. The van der Waals surface area contributed by atoms with Crippen LogP contribution in [0.5, 0.6) is 11.5 Å². The summed E-state index contributed by atoms with van der Waals surface area (Å²) in [6.07, 6.45) is 3.44. The number of nitrogens with zero attached hydrogens (tertiary/aromatic N) is 3. The van der Waals surface area contributed by atoms with Gasteiger partial charge < -0.3 is 21.3 Å². The molecule has 0 saturated carbocycles. The number of fused-ring (bicyclic) bond motifs is 1. The fourth-order valence-electron chi connectivity index (χ4n) is 3.20. The fourth-order valence-corrected chi connectivity index (χ4v) is 3.20. The van der Waals surface area contributed by atoms with Gasteiger partial charge in [0.1, 0.15) is 28.5 Å². The van der Waals surface area contributed by atoms with Crippen LogP contribution in [-0.4, -0.2) is 46.2 Å². The Labute approximate surface area is 190 Å². The molecule has 5 N–H and O–H groups in total. The molecule has 33 heavy (non-hydrogen) atoms. The van der Waals surface area contributed by atoms with Crippen LogP contribution < -0.4 is 16.2 Å². The number of hydrogen-bond acceptors (Lipinski definition) is 5. The van der Waals surface area contributed by atoms with Crippen LogP contribution in [0.25, 0.3) is 16.9 Å². The lowest BCUT2D eigenvalue weighted by atomic mass is 9.84. The molecule has 0 aliphatic carbocycles. The first-order valence-electron chi connectivity index (χ1n) is 9.63. The molecule has 0 radical (unpaired) electrons. The number of nitrogens with two attached hydrogens (primary N) is 2. The number of aromatic nitrogens is 2. The summed E-state index contributed by atoms with van der Waals surface area (Å²) in [7, 11) is 1.39. The van der Waals surface area contributed by atoms with Crippen LogP contribution in [0.4, 0.5) is 8.78 Å². The van der Waals surface area contributed by atoms with Gasteiger partial charge in [0.15, 0.2) is 0 Å². The van der Waals surface area contributed by atoms with Crippen LogP contribution in [0.15, 0.2) is 41.7 Å². The predicted molar refractivity (Wildman–Crippen MR) is 122 cm³/mol. The smallest absolute Gasteiger partial charge is 0.256 e. The topological polar surface area (TPSA) is 145 Å². The van der Waals surface area contributed by atoms with Gasteiger partial charge in [0.05, 0.1) is 19.0 Å². The lowest BCUT2D eigenvalue weighted by Crippen LogP contribution is -2.36. The largest absolute Gasteiger partial charge is 0.507 e. The molecule has 2 aromatic heterocycles. The summed E-state index contributed by atoms with van der Waals surface area (Å²) in [6.45, 7) is 3.34. The third-order valence-corrected chi connectivity index (χ3v) is 5.00. The number of amides is 2. The second-order valence-corrected chi connectivity index (χ2v) is 7.47. The SMILES string of the molecule is COc1cc(-c2cnc3cc(C(C)(C)C(N)=NC(C)=O)ccn23)cc(O)c1C(N)=O.FCF.[HH]. The number of rotatable bonds is 5. The number of carbonyl (C=O) groups excluding carboxylic acids is 2. The number of pyridine rings is 1. The number of halogens is 2. The van der Waals surface area contributed by atoms with Crippen molar-refractivity contribution in [3.63, 3.8) is 0 Å². The van der Waals surface area contributed by atoms with E-state index in [2.05, 4.69) is 9.98 Å². The Morgan fingerprint density at radius 3 is 2.45 bits per heavy atom. The van der Waals surface area contributed by atoms with Gasteiger partial charge in [0.2, 0.25) is 12.8 Å². The number of hydrogen-bond donors (Lipinski definition) is 3. The van der Waals surface area contributed by atoms with Crippen molar-refractivity contribution < 1.29 is 29.6 Å². The lowest BCUT2D eigenvalue weighted by molar-refractivity contribution is -0.115. The van der Waals surface area contributed by atoms with E-state index in [4.69, 9.17) is 16.2 Å². The zero-order chi connectivity index (χ0) is 24.9. The van der Waals surface area contributed by atoms with Crippen LogP contribution in [-0.2, 0) is 10.2 Å². The number of ether oxygens (including phenoxy) is 1. The Morgan fingerprint density at radius 2 is 1.91 bits per heavy atom. The summed E-state index contributed by atoms with van der Waals surface area (Å²) in [4.78, 5) is 31.2. The molecular formula is C22H27F2N5O4. The van der Waals surface area contributed by atoms with Crippen molar-refractivity contribution in [1.29, 1.82) is 0 Å². The van der Waals surface area contributed by atoms with Gasteiger partial charge in [-0.25, -0.2) is 18.8 Å². The van der Waals surface area contributed by atoms with E-state index in [1.165, 1.54) is 20.1 Å². The average molecular weight is 463 g/mol. The summed E-state index contributed by atoms with van der Waals surface area (Å²) in [6, 6.07) is 6.75. The highest BCUT2D eigenvalue weighted by molar-refractivity contribution is 6.00. The van der Waals surface area contributed by atoms with E-state index in [0.29, 0.717) is 16.9 Å². The minimum atomic E-state index is -1.75. The normalized spacial score (nSPS) is 11.6. The first-order valence-corrected chi connectivity index (χ1v) is 9.63. The summed E-state index contributed by atoms with van der Waals surface area (Å²) in [5.41, 5.74) is 13.3. The van der Waals surface area contributed by atoms with E-state index < -0.39 is 18.3 Å². The lowest BCUT2D eigenvalue weighted by Gasteiger charge is -2.24. The fraction of sp³-hybridized carbons (Fsp3) is 0.273. The number of aromatic hydroxyl groups is 1. The molecule has 0 bridgehead atoms. The molecule has 0 saturated heterocycles. The Balaban J connectivity index is 0.00000137. The van der Waals surface area contributed by atoms with Gasteiger partial charge >= 0.3 is 0 Å². The maximum atomic E-state index is 11.6. The average Bonchev–Trinajstić information content (AvgIpc) is 3.16. The molecule has 0 aliphatic heterocycles. The number of benzene rings is 1. The predicted octanol–water partition coefficient (Wildman–Crippen LogP) is 3.12. The molecular weight excluding hydrogens is 436 g/mol. The number of primary amides is 1. The first kappa shape index (κ1) is 25.2. The minimum Gasteiger partial charge on any atom is -0.507 e. The van der Waals surface area contributed by atoms with Crippen molar-refractivity contribution in [3.8, 4) is 22.8 Å². The second kappa shape index (κ2) is 10.1. The quantitative estimate of drug-likeness (QED) is 0.391. The summed E-state index contributed by atoms with van der Waals surface area (Å²) >= 11 is 0. The number of phenols is 1. The molecule has 11 heteroatoms. The molecule has 178 valence electrons. The Bertz CT molecular complexity index is 1230. The van der Waals surface area contributed by atoms with E-state index >= 15 is 0 Å². The van der Waals surface area contributed by atoms with E-state index in [-0.39, 0.29) is 30.2 Å². The van der Waals surface area contributed by atoms with E-state index in [9.17, 15) is 23.5 Å². The maximum Gasteiger partial charge on any atom is 0.256 e. The molecule has 1 aromatic carbocycles. The third-order valence-electron chi connectivity index (χ3n) is 5.00. The van der Waals surface area contributed by atoms with Crippen LogP contribution in [0.3, 0.4) is 0 Å². The standard InChI is InChI=1S/C21H23N5O4.CH2F2.H2/c1-11(27)25-20(23)21(2,3)13-5-6-26-14(10-24-17(26)9-13)12-7-15(28)18(19(22)29)16(8-12)30-4;2-1-3;/h5-10,28H,1-4H3,(H2,22,29)(H2,23,25,27);1H2;1H. The van der Waals surface area contributed by atoms with Crippen LogP contribution in [0.2, 0.25) is 0 Å². The Morgan fingerprint density at radius 1 is 1.27 bits per heavy atom. The molecule has 0 spiro atoms. The molecule has 0 fully saturated rings. The molecule has 2 amide bonds. The number of alkyl halides is 2. The van der Waals surface area contributed by atoms with E-state index in [0.717, 1.165) is 5.56 Å². The minimum absolute atomic E-state index is 0. The molecule has 0 aliphatic rings. The summed E-state index contributed by atoms with van der Waals surface area (Å²) < 4.78 is 26.3. The number of aliphatic imine (C=N–C) groups is 1. The molecule has 0 unspecified atom stereocenters. The number of carbonyl (C=O) groups is 2. The van der Waals surface area contributed by atoms with Crippen molar-refractivity contribution in [3.05, 3.63) is 47.8 Å². The molecule has 3 rings (SSSR count). The molecule has 0 atom stereocenters. The van der Waals surface area contributed by atoms with Gasteiger partial charge in [-0.15, -0.1) is 0 Å². The maximum absolute atomic E-state index is 11.6. The van der Waals surface area contributed by atoms with E-state index in [1.807, 2.05) is 30.4 Å². The van der Waals surface area contributed by atoms with Crippen molar-refractivity contribution in [1.82, 2.24) is 9.38 Å². The van der Waals surface area contributed by atoms with Crippen LogP contribution in [0.1, 0.15) is 38.1 Å². The van der Waals surface area contributed by atoms with Crippen molar-refractivity contribution in [2.45, 2.75) is 26.2 Å². The number of amidine groups is 1. The second-order valence-electron chi connectivity index (χ2n) is 7.47. The van der Waals surface area contributed by atoms with Gasteiger partial charge in [0, 0.05) is 25.5 Å². The monoisotopic (exact) mass is 463 g/mol. The van der Waals surface area contributed by atoms with Crippen molar-refractivity contribution in [2.75, 3.05) is 14.0 Å². The number of methoxy groups -OCH3 is 1. The van der Waals surface area contributed by atoms with Crippen LogP contribution in [0, 0.1) is 0 Å². The van der Waals surface area contributed by atoms with Crippen LogP contribution >= 0.6 is 0 Å². The Hall–Kier alpha value is -4.02. The van der Waals surface area contributed by atoms with Gasteiger partial charge in [0.25, 0.3) is 5.91 Å². The highest BCUT2D eigenvalue weighted by Gasteiger charge is 2.27. The van der Waals surface area contributed by atoms with Gasteiger partial charge in [-0.05, 0) is 43.7 Å². The third kappa shape index (κ3) is 5.25. The summed E-state index contributed by atoms with van der Waals surface area (Å²) in [5.74, 6) is -1.05. The zero-order valence-corrected chi connectivity index (χ0v) is 18.6. The summed E-state index contributed by atoms with van der Waals surface area (Å²) in [5, 5.41) is 10.3. The molecule has 3 aromatic rings. The highest BCUT2D eigenvalue weighted by atomic mass is 19.3. The zero-order valence-electron chi connectivity index (χ0n) is 18.6. The first-order chi connectivity index (χ1) is 15.5. The van der Waals surface area contributed by atoms with Crippen molar-refractivity contribution >= 4 is 23.3 Å². The van der Waals surface area contributed by atoms with Gasteiger partial charge in [-0.1, -0.05) is 0 Å².